The molecule has 0 saturated heterocycles. The summed E-state index contributed by atoms with van der Waals surface area (Å²) in [4.78, 5) is 18.9. The van der Waals surface area contributed by atoms with E-state index in [9.17, 15) is 4.79 Å². The second-order valence-corrected chi connectivity index (χ2v) is 9.20. The zero-order valence-electron chi connectivity index (χ0n) is 20.2. The first-order valence-corrected chi connectivity index (χ1v) is 12.6. The summed E-state index contributed by atoms with van der Waals surface area (Å²) in [6.07, 6.45) is 1.87. The van der Waals surface area contributed by atoms with Gasteiger partial charge in [0.2, 0.25) is 0 Å². The van der Waals surface area contributed by atoms with Crippen molar-refractivity contribution in [1.29, 1.82) is 0 Å². The number of hydrogen-bond donors (Lipinski definition) is 0. The van der Waals surface area contributed by atoms with E-state index in [2.05, 4.69) is 0 Å². The standard InChI is InChI=1S/C33H26ClNO2/c34-29-20-11-10-19-27(29)28(23-30(36)24-13-4-1-5-14-24)33(31-21-12-22-37-31)35-32(25-15-6-2-7-16-25)26-17-8-3-9-18-26/h1-22,28,33H,23H2/t28-,33+/m1/s1. The number of carbonyl (C=O) groups excluding carboxylic acids is 1. The fourth-order valence-corrected chi connectivity index (χ4v) is 4.84. The molecule has 4 heteroatoms. The Bertz CT molecular complexity index is 1420. The summed E-state index contributed by atoms with van der Waals surface area (Å²) in [5, 5.41) is 0.598. The van der Waals surface area contributed by atoms with Crippen LogP contribution in [-0.4, -0.2) is 11.5 Å². The van der Waals surface area contributed by atoms with Crippen LogP contribution in [0.3, 0.4) is 0 Å². The fourth-order valence-electron chi connectivity index (χ4n) is 4.57. The molecule has 5 rings (SSSR count). The number of nitrogens with zero attached hydrogens (tertiary/aromatic N) is 1. The van der Waals surface area contributed by atoms with Gasteiger partial charge < -0.3 is 4.42 Å². The van der Waals surface area contributed by atoms with E-state index in [4.69, 9.17) is 21.0 Å². The molecule has 0 bridgehead atoms. The van der Waals surface area contributed by atoms with Crippen LogP contribution in [0.2, 0.25) is 5.02 Å². The zero-order valence-corrected chi connectivity index (χ0v) is 21.0. The van der Waals surface area contributed by atoms with E-state index >= 15 is 0 Å². The van der Waals surface area contributed by atoms with Gasteiger partial charge >= 0.3 is 0 Å². The molecule has 182 valence electrons. The second-order valence-electron chi connectivity index (χ2n) is 8.79. The molecular formula is C33H26ClNO2. The molecule has 0 spiro atoms. The summed E-state index contributed by atoms with van der Waals surface area (Å²) < 4.78 is 5.94. The third-order valence-electron chi connectivity index (χ3n) is 6.38. The Morgan fingerprint density at radius 1 is 0.676 bits per heavy atom. The maximum Gasteiger partial charge on any atom is 0.163 e. The SMILES string of the molecule is O=C(C[C@H](c1ccccc1Cl)[C@H](N=C(c1ccccc1)c1ccccc1)c1ccco1)c1ccccc1. The van der Waals surface area contributed by atoms with Gasteiger partial charge in [-0.15, -0.1) is 0 Å². The number of benzene rings is 4. The third-order valence-corrected chi connectivity index (χ3v) is 6.73. The lowest BCUT2D eigenvalue weighted by Crippen LogP contribution is -2.17. The van der Waals surface area contributed by atoms with Crippen molar-refractivity contribution in [3.05, 3.63) is 167 Å². The summed E-state index contributed by atoms with van der Waals surface area (Å²) >= 11 is 6.73. The van der Waals surface area contributed by atoms with Crippen LogP contribution in [0.25, 0.3) is 0 Å². The predicted molar refractivity (Wildman–Crippen MR) is 150 cm³/mol. The highest BCUT2D eigenvalue weighted by atomic mass is 35.5. The van der Waals surface area contributed by atoms with Crippen molar-refractivity contribution in [2.24, 2.45) is 4.99 Å². The Kier molecular flexibility index (Phi) is 7.73. The van der Waals surface area contributed by atoms with Crippen LogP contribution in [-0.2, 0) is 0 Å². The van der Waals surface area contributed by atoms with Crippen LogP contribution < -0.4 is 0 Å². The molecule has 0 radical (unpaired) electrons. The van der Waals surface area contributed by atoms with E-state index in [1.807, 2.05) is 127 Å². The maximum atomic E-state index is 13.5. The van der Waals surface area contributed by atoms with Crippen molar-refractivity contribution in [1.82, 2.24) is 0 Å². The van der Waals surface area contributed by atoms with Gasteiger partial charge in [0, 0.05) is 34.1 Å². The van der Waals surface area contributed by atoms with Crippen molar-refractivity contribution >= 4 is 23.1 Å². The van der Waals surface area contributed by atoms with Gasteiger partial charge in [0.1, 0.15) is 11.8 Å². The van der Waals surface area contributed by atoms with Gasteiger partial charge in [0.25, 0.3) is 0 Å². The Labute approximate surface area is 222 Å². The van der Waals surface area contributed by atoms with Crippen LogP contribution >= 0.6 is 11.6 Å². The average molecular weight is 504 g/mol. The van der Waals surface area contributed by atoms with Crippen LogP contribution in [0.5, 0.6) is 0 Å². The molecule has 1 heterocycles. The van der Waals surface area contributed by atoms with E-state index < -0.39 is 6.04 Å². The number of hydrogen-bond acceptors (Lipinski definition) is 3. The van der Waals surface area contributed by atoms with Crippen LogP contribution in [0.4, 0.5) is 0 Å². The zero-order chi connectivity index (χ0) is 25.5. The van der Waals surface area contributed by atoms with Gasteiger partial charge in [-0.3, -0.25) is 9.79 Å². The van der Waals surface area contributed by atoms with E-state index in [-0.39, 0.29) is 18.1 Å². The molecule has 4 aromatic carbocycles. The lowest BCUT2D eigenvalue weighted by molar-refractivity contribution is 0.0968. The highest BCUT2D eigenvalue weighted by Gasteiger charge is 2.31. The molecule has 5 aromatic rings. The van der Waals surface area contributed by atoms with Gasteiger partial charge in [-0.05, 0) is 23.8 Å². The molecular weight excluding hydrogens is 478 g/mol. The summed E-state index contributed by atoms with van der Waals surface area (Å²) in [5.74, 6) is 0.350. The number of ketones is 1. The minimum Gasteiger partial charge on any atom is -0.467 e. The molecule has 0 N–H and O–H groups in total. The Morgan fingerprint density at radius 3 is 1.76 bits per heavy atom. The number of carbonyl (C=O) groups is 1. The molecule has 0 aliphatic heterocycles. The molecule has 0 amide bonds. The van der Waals surface area contributed by atoms with E-state index in [1.54, 1.807) is 6.26 Å². The van der Waals surface area contributed by atoms with Crippen molar-refractivity contribution in [2.45, 2.75) is 18.4 Å². The fraction of sp³-hybridized carbons (Fsp3) is 0.0909. The third kappa shape index (κ3) is 5.79. The van der Waals surface area contributed by atoms with E-state index in [0.717, 1.165) is 22.4 Å². The number of furan rings is 1. The minimum atomic E-state index is -0.488. The number of rotatable bonds is 9. The number of aliphatic imine (C=N–C) groups is 1. The molecule has 0 aliphatic rings. The van der Waals surface area contributed by atoms with Crippen molar-refractivity contribution in [3.63, 3.8) is 0 Å². The quantitative estimate of drug-likeness (QED) is 0.149. The van der Waals surface area contributed by atoms with Crippen LogP contribution in [0.1, 0.15) is 51.2 Å². The van der Waals surface area contributed by atoms with Gasteiger partial charge in [-0.2, -0.15) is 0 Å². The molecule has 3 nitrogen and oxygen atoms in total. The lowest BCUT2D eigenvalue weighted by atomic mass is 9.84. The highest BCUT2D eigenvalue weighted by molar-refractivity contribution is 6.31. The van der Waals surface area contributed by atoms with Crippen LogP contribution in [0.15, 0.2) is 143 Å². The molecule has 0 aliphatic carbocycles. The summed E-state index contributed by atoms with van der Waals surface area (Å²) in [5.41, 5.74) is 4.31. The maximum absolute atomic E-state index is 13.5. The number of Topliss-reactive ketones (excluding diaryl/α,β-unsaturated/α-hetero) is 1. The molecule has 0 fully saturated rings. The van der Waals surface area contributed by atoms with Crippen molar-refractivity contribution < 1.29 is 9.21 Å². The normalized spacial score (nSPS) is 12.5. The van der Waals surface area contributed by atoms with E-state index in [0.29, 0.717) is 16.3 Å². The van der Waals surface area contributed by atoms with Gasteiger partial charge in [0.05, 0.1) is 12.0 Å². The summed E-state index contributed by atoms with van der Waals surface area (Å²) in [6, 6.07) is 40.5. The summed E-state index contributed by atoms with van der Waals surface area (Å²) in [6.45, 7) is 0. The first-order chi connectivity index (χ1) is 18.2. The molecule has 0 unspecified atom stereocenters. The average Bonchev–Trinajstić information content (AvgIpc) is 3.49. The first-order valence-electron chi connectivity index (χ1n) is 12.3. The van der Waals surface area contributed by atoms with Gasteiger partial charge in [-0.25, -0.2) is 0 Å². The second kappa shape index (κ2) is 11.7. The van der Waals surface area contributed by atoms with Gasteiger partial charge in [-0.1, -0.05) is 121 Å². The van der Waals surface area contributed by atoms with Crippen molar-refractivity contribution in [3.8, 4) is 0 Å². The minimum absolute atomic E-state index is 0.0262. The first kappa shape index (κ1) is 24.5. The largest absolute Gasteiger partial charge is 0.467 e. The Hall–Kier alpha value is -4.21. The molecule has 2 atom stereocenters. The number of halogens is 1. The smallest absolute Gasteiger partial charge is 0.163 e. The summed E-state index contributed by atoms with van der Waals surface area (Å²) in [7, 11) is 0. The molecule has 0 saturated carbocycles. The van der Waals surface area contributed by atoms with E-state index in [1.165, 1.54) is 0 Å². The Balaban J connectivity index is 1.68. The Morgan fingerprint density at radius 2 is 1.22 bits per heavy atom. The topological polar surface area (TPSA) is 42.6 Å². The van der Waals surface area contributed by atoms with Crippen molar-refractivity contribution in [2.75, 3.05) is 0 Å². The monoisotopic (exact) mass is 503 g/mol. The van der Waals surface area contributed by atoms with Crippen LogP contribution in [0, 0.1) is 0 Å². The van der Waals surface area contributed by atoms with Gasteiger partial charge in [0.15, 0.2) is 5.78 Å². The lowest BCUT2D eigenvalue weighted by Gasteiger charge is -2.25. The molecule has 37 heavy (non-hydrogen) atoms. The predicted octanol–water partition coefficient (Wildman–Crippen LogP) is 8.57. The highest BCUT2D eigenvalue weighted by Crippen LogP contribution is 2.41. The molecule has 1 aromatic heterocycles.